The summed E-state index contributed by atoms with van der Waals surface area (Å²) in [5.41, 5.74) is 12.5. The summed E-state index contributed by atoms with van der Waals surface area (Å²) in [6.07, 6.45) is 3.74. The van der Waals surface area contributed by atoms with Gasteiger partial charge >= 0.3 is 0 Å². The van der Waals surface area contributed by atoms with Gasteiger partial charge in [0.15, 0.2) is 0 Å². The zero-order chi connectivity index (χ0) is 18.3. The second kappa shape index (κ2) is 7.84. The quantitative estimate of drug-likeness (QED) is 0.749. The maximum Gasteiger partial charge on any atom is 0.137 e. The average molecular weight is 387 g/mol. The topological polar surface area (TPSA) is 62.7 Å². The van der Waals surface area contributed by atoms with Crippen molar-refractivity contribution in [1.29, 1.82) is 0 Å². The summed E-state index contributed by atoms with van der Waals surface area (Å²) in [7, 11) is 2.19. The number of nitrogens with zero attached hydrogens (tertiary/aromatic N) is 5. The van der Waals surface area contributed by atoms with Crippen LogP contribution in [0.2, 0.25) is 0 Å². The van der Waals surface area contributed by atoms with E-state index < -0.39 is 0 Å². The van der Waals surface area contributed by atoms with Crippen LogP contribution in [0, 0.1) is 6.92 Å². The molecule has 1 atom stereocenters. The van der Waals surface area contributed by atoms with E-state index in [4.69, 9.17) is 5.73 Å². The minimum absolute atomic E-state index is 0. The minimum Gasteiger partial charge on any atom is -0.367 e. The third-order valence-corrected chi connectivity index (χ3v) is 5.55. The first-order valence-electron chi connectivity index (χ1n) is 9.15. The molecule has 0 saturated carbocycles. The summed E-state index contributed by atoms with van der Waals surface area (Å²) in [6.45, 7) is 8.06. The lowest BCUT2D eigenvalue weighted by Gasteiger charge is -2.38. The van der Waals surface area contributed by atoms with E-state index in [9.17, 15) is 0 Å². The molecule has 27 heavy (non-hydrogen) atoms. The van der Waals surface area contributed by atoms with Crippen LogP contribution in [0.5, 0.6) is 0 Å². The minimum atomic E-state index is 0. The van der Waals surface area contributed by atoms with E-state index >= 15 is 0 Å². The van der Waals surface area contributed by atoms with Gasteiger partial charge in [-0.05, 0) is 44.2 Å². The van der Waals surface area contributed by atoms with Crippen molar-refractivity contribution in [2.45, 2.75) is 26.4 Å². The third-order valence-electron chi connectivity index (χ3n) is 5.55. The predicted octanol–water partition coefficient (Wildman–Crippen LogP) is 2.73. The number of hydrogen-bond acceptors (Lipinski definition) is 5. The van der Waals surface area contributed by atoms with Gasteiger partial charge in [-0.1, -0.05) is 12.1 Å². The largest absolute Gasteiger partial charge is 0.367 e. The normalized spacial score (nSPS) is 17.9. The first-order valence-corrected chi connectivity index (χ1v) is 9.15. The van der Waals surface area contributed by atoms with Crippen molar-refractivity contribution in [3.05, 3.63) is 47.9 Å². The summed E-state index contributed by atoms with van der Waals surface area (Å²) >= 11 is 0. The number of rotatable bonds is 3. The van der Waals surface area contributed by atoms with Crippen LogP contribution >= 0.6 is 12.4 Å². The SMILES string of the molecule is Cc1cc(-c2ncnn3cc(N4CCN(C)C(C)C4)cc23)ccc1CN.Cl. The molecule has 1 fully saturated rings. The van der Waals surface area contributed by atoms with E-state index in [1.807, 2.05) is 4.52 Å². The van der Waals surface area contributed by atoms with Crippen LogP contribution in [0.1, 0.15) is 18.1 Å². The third kappa shape index (κ3) is 3.65. The summed E-state index contributed by atoms with van der Waals surface area (Å²) in [5.74, 6) is 0. The Morgan fingerprint density at radius 1 is 1.22 bits per heavy atom. The Morgan fingerprint density at radius 3 is 2.74 bits per heavy atom. The second-order valence-electron chi connectivity index (χ2n) is 7.26. The zero-order valence-electron chi connectivity index (χ0n) is 16.1. The Kier molecular flexibility index (Phi) is 5.69. The monoisotopic (exact) mass is 386 g/mol. The number of nitrogens with two attached hydrogens (primary N) is 1. The number of hydrogen-bond donors (Lipinski definition) is 1. The lowest BCUT2D eigenvalue weighted by atomic mass is 10.0. The van der Waals surface area contributed by atoms with E-state index in [0.29, 0.717) is 12.6 Å². The summed E-state index contributed by atoms with van der Waals surface area (Å²) < 4.78 is 1.94. The van der Waals surface area contributed by atoms with Crippen molar-refractivity contribution in [1.82, 2.24) is 19.5 Å². The molecule has 6 nitrogen and oxygen atoms in total. The molecule has 0 aliphatic carbocycles. The first kappa shape index (κ1) is 19.6. The molecule has 1 aliphatic rings. The highest BCUT2D eigenvalue weighted by atomic mass is 35.5. The molecule has 0 amide bonds. The number of benzene rings is 1. The van der Waals surface area contributed by atoms with Gasteiger partial charge in [-0.25, -0.2) is 9.50 Å². The van der Waals surface area contributed by atoms with Crippen LogP contribution in [0.25, 0.3) is 16.8 Å². The van der Waals surface area contributed by atoms with E-state index in [1.165, 1.54) is 16.8 Å². The number of piperazine rings is 1. The number of aromatic nitrogens is 3. The molecule has 0 radical (unpaired) electrons. The molecule has 1 saturated heterocycles. The highest BCUT2D eigenvalue weighted by Crippen LogP contribution is 2.28. The van der Waals surface area contributed by atoms with E-state index in [-0.39, 0.29) is 12.4 Å². The Balaban J connectivity index is 0.00000210. The molecule has 3 aromatic rings. The Hall–Kier alpha value is -2.15. The van der Waals surface area contributed by atoms with Crippen molar-refractivity contribution in [2.75, 3.05) is 31.6 Å². The molecule has 2 N–H and O–H groups in total. The molecule has 144 valence electrons. The lowest BCUT2D eigenvalue weighted by Crippen LogP contribution is -2.50. The van der Waals surface area contributed by atoms with Gasteiger partial charge in [0.2, 0.25) is 0 Å². The van der Waals surface area contributed by atoms with Crippen molar-refractivity contribution in [3.8, 4) is 11.3 Å². The Bertz CT molecular complexity index is 937. The molecule has 4 rings (SSSR count). The molecule has 3 heterocycles. The van der Waals surface area contributed by atoms with Crippen molar-refractivity contribution >= 4 is 23.6 Å². The lowest BCUT2D eigenvalue weighted by molar-refractivity contribution is 0.234. The standard InChI is InChI=1S/C20H26N6.ClH/c1-14-8-16(4-5-17(14)10-21)20-19-9-18(12-26(19)23-13-22-20)25-7-6-24(3)15(2)11-25;/h4-5,8-9,12-13,15H,6-7,10-11,21H2,1-3H3;1H. The van der Waals surface area contributed by atoms with Crippen LogP contribution < -0.4 is 10.6 Å². The number of anilines is 1. The Morgan fingerprint density at radius 2 is 2.04 bits per heavy atom. The fourth-order valence-corrected chi connectivity index (χ4v) is 3.67. The van der Waals surface area contributed by atoms with Gasteiger partial charge in [-0.2, -0.15) is 5.10 Å². The van der Waals surface area contributed by atoms with Crippen LogP contribution in [-0.4, -0.2) is 52.2 Å². The molecule has 7 heteroatoms. The van der Waals surface area contributed by atoms with E-state index in [1.54, 1.807) is 6.33 Å². The Labute approximate surface area is 166 Å². The summed E-state index contributed by atoms with van der Waals surface area (Å²) in [5, 5.41) is 4.42. The van der Waals surface area contributed by atoms with Crippen LogP contribution in [0.4, 0.5) is 5.69 Å². The van der Waals surface area contributed by atoms with Gasteiger partial charge in [0.05, 0.1) is 23.1 Å². The smallest absolute Gasteiger partial charge is 0.137 e. The summed E-state index contributed by atoms with van der Waals surface area (Å²) in [4.78, 5) is 9.41. The first-order chi connectivity index (χ1) is 12.6. The van der Waals surface area contributed by atoms with Crippen molar-refractivity contribution in [3.63, 3.8) is 0 Å². The second-order valence-corrected chi connectivity index (χ2v) is 7.26. The highest BCUT2D eigenvalue weighted by Gasteiger charge is 2.22. The zero-order valence-corrected chi connectivity index (χ0v) is 16.9. The van der Waals surface area contributed by atoms with Gasteiger partial charge in [0, 0.05) is 37.8 Å². The van der Waals surface area contributed by atoms with E-state index in [0.717, 1.165) is 36.4 Å². The molecule has 1 aromatic carbocycles. The van der Waals surface area contributed by atoms with Gasteiger partial charge in [0.1, 0.15) is 6.33 Å². The molecule has 1 aliphatic heterocycles. The van der Waals surface area contributed by atoms with Gasteiger partial charge < -0.3 is 15.5 Å². The molecule has 1 unspecified atom stereocenters. The van der Waals surface area contributed by atoms with Gasteiger partial charge in [0.25, 0.3) is 0 Å². The fourth-order valence-electron chi connectivity index (χ4n) is 3.67. The maximum absolute atomic E-state index is 5.80. The number of likely N-dealkylation sites (N-methyl/N-ethyl adjacent to an activating group) is 1. The number of aryl methyl sites for hydroxylation is 1. The fraction of sp³-hybridized carbons (Fsp3) is 0.400. The summed E-state index contributed by atoms with van der Waals surface area (Å²) in [6, 6.07) is 9.11. The predicted molar refractivity (Wildman–Crippen MR) is 113 cm³/mol. The number of halogens is 1. The number of fused-ring (bicyclic) bond motifs is 1. The van der Waals surface area contributed by atoms with Gasteiger partial charge in [-0.15, -0.1) is 12.4 Å². The van der Waals surface area contributed by atoms with Crippen molar-refractivity contribution < 1.29 is 0 Å². The molecule has 0 spiro atoms. The molecular weight excluding hydrogens is 360 g/mol. The molecule has 2 aromatic heterocycles. The average Bonchev–Trinajstić information content (AvgIpc) is 3.08. The molecule has 0 bridgehead atoms. The highest BCUT2D eigenvalue weighted by molar-refractivity contribution is 5.85. The maximum atomic E-state index is 5.80. The van der Waals surface area contributed by atoms with Crippen LogP contribution in [0.3, 0.4) is 0 Å². The van der Waals surface area contributed by atoms with Crippen LogP contribution in [-0.2, 0) is 6.54 Å². The van der Waals surface area contributed by atoms with Crippen LogP contribution in [0.15, 0.2) is 36.8 Å². The van der Waals surface area contributed by atoms with Crippen molar-refractivity contribution in [2.24, 2.45) is 5.73 Å². The molecular formula is C20H27ClN6. The van der Waals surface area contributed by atoms with E-state index in [2.05, 4.69) is 71.2 Å². The van der Waals surface area contributed by atoms with Gasteiger partial charge in [-0.3, -0.25) is 0 Å².